The lowest BCUT2D eigenvalue weighted by atomic mass is 9.86. The molecule has 2 rings (SSSR count). The van der Waals surface area contributed by atoms with Crippen molar-refractivity contribution in [3.05, 3.63) is 65.2 Å². The van der Waals surface area contributed by atoms with E-state index in [1.807, 2.05) is 0 Å². The monoisotopic (exact) mass is 349 g/mol. The van der Waals surface area contributed by atoms with Gasteiger partial charge in [-0.1, -0.05) is 32.9 Å². The largest absolute Gasteiger partial charge is 0.416 e. The Balaban J connectivity index is 2.10. The Morgan fingerprint density at radius 2 is 1.28 bits per heavy atom. The molecule has 132 valence electrons. The Hall–Kier alpha value is -2.63. The highest BCUT2D eigenvalue weighted by atomic mass is 19.4. The van der Waals surface area contributed by atoms with Gasteiger partial charge in [-0.25, -0.2) is 0 Å². The van der Waals surface area contributed by atoms with Gasteiger partial charge in [0.1, 0.15) is 0 Å². The molecule has 3 nitrogen and oxygen atoms in total. The van der Waals surface area contributed by atoms with Crippen LogP contribution in [0.4, 0.5) is 18.9 Å². The smallest absolute Gasteiger partial charge is 0.322 e. The van der Waals surface area contributed by atoms with E-state index in [1.165, 1.54) is 24.3 Å². The lowest BCUT2D eigenvalue weighted by Gasteiger charge is -2.16. The minimum Gasteiger partial charge on any atom is -0.322 e. The summed E-state index contributed by atoms with van der Waals surface area (Å²) in [6.45, 7) is 5.42. The van der Waals surface area contributed by atoms with Crippen LogP contribution in [0.3, 0.4) is 0 Å². The van der Waals surface area contributed by atoms with Gasteiger partial charge < -0.3 is 5.32 Å². The average Bonchev–Trinajstić information content (AvgIpc) is 2.53. The number of carbonyl (C=O) groups excluding carboxylic acids is 2. The molecule has 0 unspecified atom stereocenters. The Kier molecular flexibility index (Phi) is 5.02. The predicted molar refractivity (Wildman–Crippen MR) is 89.6 cm³/mol. The molecule has 0 fully saturated rings. The number of rotatable bonds is 3. The first kappa shape index (κ1) is 18.7. The van der Waals surface area contributed by atoms with E-state index in [0.717, 1.165) is 12.1 Å². The van der Waals surface area contributed by atoms with Crippen LogP contribution in [0, 0.1) is 5.41 Å². The van der Waals surface area contributed by atoms with Crippen molar-refractivity contribution in [2.24, 2.45) is 5.41 Å². The van der Waals surface area contributed by atoms with E-state index in [-0.39, 0.29) is 11.5 Å². The molecule has 0 aliphatic heterocycles. The highest BCUT2D eigenvalue weighted by molar-refractivity contribution is 6.05. The van der Waals surface area contributed by atoms with Crippen molar-refractivity contribution < 1.29 is 22.8 Å². The Morgan fingerprint density at radius 3 is 1.72 bits per heavy atom. The minimum absolute atomic E-state index is 0.0396. The summed E-state index contributed by atoms with van der Waals surface area (Å²) in [7, 11) is 0. The average molecular weight is 349 g/mol. The third-order valence-corrected chi connectivity index (χ3v) is 3.56. The van der Waals surface area contributed by atoms with E-state index in [9.17, 15) is 22.8 Å². The van der Waals surface area contributed by atoms with Crippen LogP contribution in [0.1, 0.15) is 47.1 Å². The maximum Gasteiger partial charge on any atom is 0.416 e. The molecule has 25 heavy (non-hydrogen) atoms. The van der Waals surface area contributed by atoms with Crippen LogP contribution >= 0.6 is 0 Å². The fourth-order valence-corrected chi connectivity index (χ4v) is 2.15. The lowest BCUT2D eigenvalue weighted by molar-refractivity contribution is -0.137. The molecule has 0 spiro atoms. The summed E-state index contributed by atoms with van der Waals surface area (Å²) in [6, 6.07) is 10.3. The number of ketones is 1. The molecular formula is C19H18F3NO2. The molecule has 2 aromatic carbocycles. The first-order valence-electron chi connectivity index (χ1n) is 7.62. The predicted octanol–water partition coefficient (Wildman–Crippen LogP) is 5.19. The molecule has 6 heteroatoms. The van der Waals surface area contributed by atoms with E-state index in [2.05, 4.69) is 5.32 Å². The first-order valence-corrected chi connectivity index (χ1v) is 7.62. The molecule has 0 heterocycles. The quantitative estimate of drug-likeness (QED) is 0.776. The van der Waals surface area contributed by atoms with Gasteiger partial charge in [0.2, 0.25) is 0 Å². The lowest BCUT2D eigenvalue weighted by Crippen LogP contribution is -2.20. The van der Waals surface area contributed by atoms with Gasteiger partial charge in [-0.3, -0.25) is 9.59 Å². The number of benzene rings is 2. The van der Waals surface area contributed by atoms with Crippen LogP contribution in [0.15, 0.2) is 48.5 Å². The first-order chi connectivity index (χ1) is 11.5. The van der Waals surface area contributed by atoms with E-state index >= 15 is 0 Å². The number of nitrogens with one attached hydrogen (secondary N) is 1. The van der Waals surface area contributed by atoms with Crippen molar-refractivity contribution in [1.82, 2.24) is 0 Å². The molecule has 0 atom stereocenters. The van der Waals surface area contributed by atoms with Crippen molar-refractivity contribution in [3.8, 4) is 0 Å². The molecule has 1 N–H and O–H groups in total. The van der Waals surface area contributed by atoms with Crippen molar-refractivity contribution in [3.63, 3.8) is 0 Å². The van der Waals surface area contributed by atoms with Crippen LogP contribution in [0.5, 0.6) is 0 Å². The Morgan fingerprint density at radius 1 is 0.800 bits per heavy atom. The molecule has 0 saturated heterocycles. The Bertz CT molecular complexity index is 770. The number of amides is 1. The summed E-state index contributed by atoms with van der Waals surface area (Å²) in [5.41, 5.74) is -0.239. The summed E-state index contributed by atoms with van der Waals surface area (Å²) < 4.78 is 37.6. The summed E-state index contributed by atoms with van der Waals surface area (Å²) in [6.07, 6.45) is -4.42. The number of alkyl halides is 3. The third-order valence-electron chi connectivity index (χ3n) is 3.56. The number of anilines is 1. The van der Waals surface area contributed by atoms with Gasteiger partial charge in [-0.05, 0) is 36.4 Å². The topological polar surface area (TPSA) is 46.2 Å². The number of hydrogen-bond acceptors (Lipinski definition) is 2. The summed E-state index contributed by atoms with van der Waals surface area (Å²) in [5, 5.41) is 2.52. The molecule has 0 saturated carbocycles. The number of Topliss-reactive ketones (excluding diaryl/α,β-unsaturated/α-hetero) is 1. The van der Waals surface area contributed by atoms with Crippen molar-refractivity contribution in [2.75, 3.05) is 5.32 Å². The van der Waals surface area contributed by atoms with Crippen molar-refractivity contribution in [1.29, 1.82) is 0 Å². The van der Waals surface area contributed by atoms with Crippen molar-refractivity contribution >= 4 is 17.4 Å². The zero-order valence-corrected chi connectivity index (χ0v) is 14.1. The standard InChI is InChI=1S/C19H18F3NO2/c1-18(2,3)16(24)12-4-6-13(7-5-12)17(25)23-15-10-8-14(9-11-15)19(20,21)22/h4-11H,1-3H3,(H,23,25). The highest BCUT2D eigenvalue weighted by Gasteiger charge is 2.30. The van der Waals surface area contributed by atoms with Crippen LogP contribution in [0.2, 0.25) is 0 Å². The zero-order chi connectivity index (χ0) is 18.8. The van der Waals surface area contributed by atoms with Gasteiger partial charge in [0.15, 0.2) is 5.78 Å². The van der Waals surface area contributed by atoms with Gasteiger partial charge in [0, 0.05) is 22.2 Å². The summed E-state index contributed by atoms with van der Waals surface area (Å²) in [5.74, 6) is -0.503. The van der Waals surface area contributed by atoms with Gasteiger partial charge in [-0.2, -0.15) is 13.2 Å². The fourth-order valence-electron chi connectivity index (χ4n) is 2.15. The molecule has 0 aliphatic rings. The second-order valence-corrected chi connectivity index (χ2v) is 6.69. The molecule has 1 amide bonds. The number of halogens is 3. The zero-order valence-electron chi connectivity index (χ0n) is 14.1. The van der Waals surface area contributed by atoms with E-state index in [0.29, 0.717) is 11.1 Å². The minimum atomic E-state index is -4.42. The van der Waals surface area contributed by atoms with Crippen LogP contribution in [-0.4, -0.2) is 11.7 Å². The third kappa shape index (κ3) is 4.68. The SMILES string of the molecule is CC(C)(C)C(=O)c1ccc(C(=O)Nc2ccc(C(F)(F)F)cc2)cc1. The second kappa shape index (κ2) is 6.70. The summed E-state index contributed by atoms with van der Waals surface area (Å²) in [4.78, 5) is 24.3. The van der Waals surface area contributed by atoms with Crippen molar-refractivity contribution in [2.45, 2.75) is 26.9 Å². The molecular weight excluding hydrogens is 331 g/mol. The maximum absolute atomic E-state index is 12.5. The fraction of sp³-hybridized carbons (Fsp3) is 0.263. The molecule has 0 aliphatic carbocycles. The van der Waals surface area contributed by atoms with Crippen LogP contribution in [-0.2, 0) is 6.18 Å². The maximum atomic E-state index is 12.5. The molecule has 0 aromatic heterocycles. The number of carbonyl (C=O) groups is 2. The van der Waals surface area contributed by atoms with Gasteiger partial charge >= 0.3 is 6.18 Å². The molecule has 2 aromatic rings. The normalized spacial score (nSPS) is 11.9. The van der Waals surface area contributed by atoms with E-state index in [4.69, 9.17) is 0 Å². The Labute approximate surface area is 143 Å². The van der Waals surface area contributed by atoms with Crippen LogP contribution < -0.4 is 5.32 Å². The van der Waals surface area contributed by atoms with Crippen LogP contribution in [0.25, 0.3) is 0 Å². The van der Waals surface area contributed by atoms with Gasteiger partial charge in [0.05, 0.1) is 5.56 Å². The van der Waals surface area contributed by atoms with E-state index < -0.39 is 23.1 Å². The van der Waals surface area contributed by atoms with E-state index in [1.54, 1.807) is 32.9 Å². The summed E-state index contributed by atoms with van der Waals surface area (Å²) >= 11 is 0. The molecule has 0 bridgehead atoms. The second-order valence-electron chi connectivity index (χ2n) is 6.69. The molecule has 0 radical (unpaired) electrons. The number of hydrogen-bond donors (Lipinski definition) is 1. The van der Waals surface area contributed by atoms with Gasteiger partial charge in [0.25, 0.3) is 5.91 Å². The highest BCUT2D eigenvalue weighted by Crippen LogP contribution is 2.30. The van der Waals surface area contributed by atoms with Gasteiger partial charge in [-0.15, -0.1) is 0 Å².